The van der Waals surface area contributed by atoms with Gasteiger partial charge >= 0.3 is 5.97 Å². The lowest BCUT2D eigenvalue weighted by Gasteiger charge is -2.61. The zero-order valence-corrected chi connectivity index (χ0v) is 20.8. The van der Waals surface area contributed by atoms with Gasteiger partial charge in [0, 0.05) is 35.2 Å². The van der Waals surface area contributed by atoms with Crippen molar-refractivity contribution in [3.8, 4) is 0 Å². The van der Waals surface area contributed by atoms with Crippen LogP contribution in [0.4, 0.5) is 8.78 Å². The fourth-order valence-corrected chi connectivity index (χ4v) is 8.69. The Morgan fingerprint density at radius 2 is 1.97 bits per heavy atom. The van der Waals surface area contributed by atoms with E-state index in [2.05, 4.69) is 0 Å². The number of fused-ring (bicyclic) bond motifs is 5. The summed E-state index contributed by atoms with van der Waals surface area (Å²) in [5, 5.41) is 11.7. The molecule has 3 fully saturated rings. The van der Waals surface area contributed by atoms with E-state index >= 15 is 4.39 Å². The summed E-state index contributed by atoms with van der Waals surface area (Å²) in [7, 11) is 1.45. The van der Waals surface area contributed by atoms with Crippen molar-refractivity contribution in [1.82, 2.24) is 0 Å². The summed E-state index contributed by atoms with van der Waals surface area (Å²) >= 11 is 5.61. The molecule has 33 heavy (non-hydrogen) atoms. The number of esters is 1. The highest BCUT2D eigenvalue weighted by atomic mass is 32.1. The first-order chi connectivity index (χ1) is 15.4. The number of carbonyl (C=O) groups is 2. The Kier molecular flexibility index (Phi) is 6.05. The fourth-order valence-electron chi connectivity index (χ4n) is 8.21. The maximum Gasteiger partial charge on any atom is 0.306 e. The maximum atomic E-state index is 15.6. The number of allylic oxidation sites excluding steroid dienone is 1. The van der Waals surface area contributed by atoms with Gasteiger partial charge in [0.2, 0.25) is 5.05 Å². The molecule has 5 nitrogen and oxygen atoms in total. The Bertz CT molecular complexity index is 920. The molecule has 0 heterocycles. The molecule has 4 aliphatic carbocycles. The number of methoxy groups -OCH3 is 1. The van der Waals surface area contributed by atoms with Crippen LogP contribution in [0, 0.1) is 34.5 Å². The van der Waals surface area contributed by atoms with Gasteiger partial charge in [-0.05, 0) is 55.7 Å². The lowest BCUT2D eigenvalue weighted by Crippen LogP contribution is -2.64. The first-order valence-corrected chi connectivity index (χ1v) is 12.4. The van der Waals surface area contributed by atoms with Gasteiger partial charge in [-0.1, -0.05) is 27.7 Å². The van der Waals surface area contributed by atoms with Gasteiger partial charge in [-0.2, -0.15) is 0 Å². The number of rotatable bonds is 3. The molecule has 4 rings (SSSR count). The second-order valence-corrected chi connectivity index (χ2v) is 11.3. The van der Waals surface area contributed by atoms with E-state index < -0.39 is 52.2 Å². The zero-order valence-electron chi connectivity index (χ0n) is 20.0. The highest BCUT2D eigenvalue weighted by molar-refractivity contribution is 7.80. The third-order valence-corrected chi connectivity index (χ3v) is 10.0. The van der Waals surface area contributed by atoms with Gasteiger partial charge in [0.15, 0.2) is 17.2 Å². The summed E-state index contributed by atoms with van der Waals surface area (Å²) in [5.74, 6) is -2.99. The van der Waals surface area contributed by atoms with Crippen molar-refractivity contribution >= 4 is 29.0 Å². The van der Waals surface area contributed by atoms with Crippen molar-refractivity contribution in [2.75, 3.05) is 7.11 Å². The van der Waals surface area contributed by atoms with Gasteiger partial charge in [0.1, 0.15) is 6.17 Å². The van der Waals surface area contributed by atoms with Crippen molar-refractivity contribution in [3.63, 3.8) is 0 Å². The monoisotopic (exact) mass is 484 g/mol. The van der Waals surface area contributed by atoms with Gasteiger partial charge < -0.3 is 14.6 Å². The fraction of sp³-hybridized carbons (Fsp3) is 0.800. The molecule has 0 saturated heterocycles. The highest BCUT2D eigenvalue weighted by Crippen LogP contribution is 2.70. The Morgan fingerprint density at radius 3 is 2.58 bits per heavy atom. The Hall–Kier alpha value is -1.41. The minimum absolute atomic E-state index is 0.0125. The van der Waals surface area contributed by atoms with Crippen molar-refractivity contribution in [1.29, 1.82) is 0 Å². The average Bonchev–Trinajstić information content (AvgIpc) is 2.97. The van der Waals surface area contributed by atoms with Gasteiger partial charge in [-0.3, -0.25) is 9.59 Å². The minimum Gasteiger partial charge on any atom is -0.487 e. The van der Waals surface area contributed by atoms with Crippen LogP contribution in [-0.2, 0) is 19.1 Å². The summed E-state index contributed by atoms with van der Waals surface area (Å²) in [5.41, 5.74) is -3.00. The van der Waals surface area contributed by atoms with Crippen LogP contribution in [-0.4, -0.2) is 46.9 Å². The Labute approximate surface area is 199 Å². The minimum atomic E-state index is -1.59. The van der Waals surface area contributed by atoms with E-state index in [0.29, 0.717) is 12.8 Å². The molecule has 0 bridgehead atoms. The topological polar surface area (TPSA) is 72.8 Å². The molecule has 0 amide bonds. The quantitative estimate of drug-likeness (QED) is 0.465. The largest absolute Gasteiger partial charge is 0.487 e. The predicted octanol–water partition coefficient (Wildman–Crippen LogP) is 4.65. The summed E-state index contributed by atoms with van der Waals surface area (Å²) in [6, 6.07) is 0. The SMILES string of the molecule is CCC(=O)O[C@]1(C(=S)OC)[C@@H](C)C[C@H]2[C@@H]3C[C@H](F)C4=C(F)C(=O)CC[C@]4(C)[C@H]3[C@@H](O)C[C@@]21C. The predicted molar refractivity (Wildman–Crippen MR) is 122 cm³/mol. The van der Waals surface area contributed by atoms with E-state index in [4.69, 9.17) is 21.7 Å². The highest BCUT2D eigenvalue weighted by Gasteiger charge is 2.73. The molecule has 0 unspecified atom stereocenters. The van der Waals surface area contributed by atoms with Crippen LogP contribution in [0.15, 0.2) is 11.4 Å². The van der Waals surface area contributed by atoms with Crippen molar-refractivity contribution in [2.24, 2.45) is 34.5 Å². The van der Waals surface area contributed by atoms with E-state index in [1.807, 2.05) is 13.8 Å². The van der Waals surface area contributed by atoms with E-state index in [-0.39, 0.29) is 54.1 Å². The lowest BCUT2D eigenvalue weighted by atomic mass is 9.45. The van der Waals surface area contributed by atoms with Crippen LogP contribution < -0.4 is 0 Å². The van der Waals surface area contributed by atoms with Crippen LogP contribution >= 0.6 is 12.2 Å². The summed E-state index contributed by atoms with van der Waals surface area (Å²) in [6.45, 7) is 7.42. The number of ether oxygens (including phenoxy) is 2. The van der Waals surface area contributed by atoms with E-state index in [0.717, 1.165) is 0 Å². The number of ketones is 1. The molecule has 0 spiro atoms. The van der Waals surface area contributed by atoms with Gasteiger partial charge in [0.25, 0.3) is 0 Å². The molecule has 0 aromatic heterocycles. The molecular formula is C25H34F2O5S. The number of aliphatic hydroxyl groups is 1. The number of hydrogen-bond acceptors (Lipinski definition) is 6. The number of alkyl halides is 1. The lowest BCUT2D eigenvalue weighted by molar-refractivity contribution is -0.191. The number of carbonyl (C=O) groups excluding carboxylic acids is 2. The Balaban J connectivity index is 1.84. The molecule has 0 aromatic carbocycles. The van der Waals surface area contributed by atoms with E-state index in [1.165, 1.54) is 7.11 Å². The van der Waals surface area contributed by atoms with Crippen LogP contribution in [0.25, 0.3) is 0 Å². The molecule has 3 saturated carbocycles. The number of halogens is 2. The van der Waals surface area contributed by atoms with Crippen LogP contribution in [0.5, 0.6) is 0 Å². The average molecular weight is 485 g/mol. The summed E-state index contributed by atoms with van der Waals surface area (Å²) < 4.78 is 42.0. The molecule has 0 aliphatic heterocycles. The van der Waals surface area contributed by atoms with Crippen molar-refractivity contribution in [3.05, 3.63) is 11.4 Å². The number of Topliss-reactive ketones (excluding diaryl/α,β-unsaturated/α-hetero) is 1. The van der Waals surface area contributed by atoms with Crippen molar-refractivity contribution in [2.45, 2.75) is 84.1 Å². The first kappa shape index (κ1) is 24.7. The third kappa shape index (κ3) is 3.12. The summed E-state index contributed by atoms with van der Waals surface area (Å²) in [4.78, 5) is 24.6. The second kappa shape index (κ2) is 8.08. The smallest absolute Gasteiger partial charge is 0.306 e. The standard InChI is InChI=1S/C25H34F2O5S/c1-6-18(30)32-25(22(33)31-5)12(2)9-14-13-10-15(26)20-21(27)16(28)7-8-23(20,3)19(13)17(29)11-24(14,25)4/h12-15,17,19,29H,6-11H2,1-5H3/t12-,13-,14-,15-,17-,19+,23+,24-,25-/m0/s1. The molecule has 9 atom stereocenters. The molecule has 0 radical (unpaired) electrons. The zero-order chi connectivity index (χ0) is 24.5. The normalized spacial score (nSPS) is 46.8. The number of aliphatic hydroxyl groups excluding tert-OH is 1. The molecule has 8 heteroatoms. The second-order valence-electron chi connectivity index (χ2n) is 10.9. The molecular weight excluding hydrogens is 450 g/mol. The van der Waals surface area contributed by atoms with E-state index in [9.17, 15) is 19.1 Å². The molecule has 4 aliphatic rings. The first-order valence-electron chi connectivity index (χ1n) is 11.9. The molecule has 184 valence electrons. The van der Waals surface area contributed by atoms with Crippen LogP contribution in [0.2, 0.25) is 0 Å². The molecule has 1 N–H and O–H groups in total. The molecule has 0 aromatic rings. The van der Waals surface area contributed by atoms with Gasteiger partial charge in [0.05, 0.1) is 13.2 Å². The number of hydrogen-bond donors (Lipinski definition) is 1. The van der Waals surface area contributed by atoms with Gasteiger partial charge in [-0.25, -0.2) is 8.78 Å². The van der Waals surface area contributed by atoms with E-state index in [1.54, 1.807) is 13.8 Å². The Morgan fingerprint density at radius 1 is 1.30 bits per heavy atom. The third-order valence-electron chi connectivity index (χ3n) is 9.54. The summed E-state index contributed by atoms with van der Waals surface area (Å²) in [6.07, 6.45) is -1.08. The van der Waals surface area contributed by atoms with Crippen LogP contribution in [0.1, 0.15) is 66.2 Å². The maximum absolute atomic E-state index is 15.6. The number of thiocarbonyl (C=S) groups is 1. The van der Waals surface area contributed by atoms with Gasteiger partial charge in [-0.15, -0.1) is 0 Å². The van der Waals surface area contributed by atoms with Crippen molar-refractivity contribution < 1.29 is 33.0 Å². The van der Waals surface area contributed by atoms with Crippen LogP contribution in [0.3, 0.4) is 0 Å².